The molecule has 0 bridgehead atoms. The molecule has 0 N–H and O–H groups in total. The van der Waals surface area contributed by atoms with Gasteiger partial charge in [0.25, 0.3) is 0 Å². The Hall–Kier alpha value is -3.10. The first kappa shape index (κ1) is 22.1. The Morgan fingerprint density at radius 2 is 1.75 bits per heavy atom. The third kappa shape index (κ3) is 5.03. The van der Waals surface area contributed by atoms with Gasteiger partial charge in [-0.2, -0.15) is 4.31 Å². The minimum atomic E-state index is -3.61. The van der Waals surface area contributed by atoms with E-state index in [9.17, 15) is 17.6 Å². The number of carbonyl (C=O) groups excluding carboxylic acids is 1. The van der Waals surface area contributed by atoms with Gasteiger partial charge in [0.15, 0.2) is 5.78 Å². The number of Topliss-reactive ketones (excluding diaryl/α,β-unsaturated/α-hetero) is 1. The van der Waals surface area contributed by atoms with Crippen molar-refractivity contribution in [3.05, 3.63) is 89.9 Å². The van der Waals surface area contributed by atoms with Gasteiger partial charge in [0.2, 0.25) is 10.0 Å². The molecule has 1 aliphatic rings. The molecular weight excluding hydrogens is 429 g/mol. The molecule has 3 aromatic rings. The molecular formula is C24H24FN3O3S. The molecule has 1 aliphatic heterocycles. The second-order valence-electron chi connectivity index (χ2n) is 7.73. The SMILES string of the molecule is O=C(CN(Cc1ccc(F)cc1)c1ccccn1)c1cccc(S(=O)(=O)N2CCCC2)c1. The number of hydrogen-bond acceptors (Lipinski definition) is 5. The monoisotopic (exact) mass is 453 g/mol. The van der Waals surface area contributed by atoms with Crippen LogP contribution in [0.4, 0.5) is 10.2 Å². The number of sulfonamides is 1. The first-order valence-corrected chi connectivity index (χ1v) is 11.9. The highest BCUT2D eigenvalue weighted by Gasteiger charge is 2.27. The van der Waals surface area contributed by atoms with E-state index in [0.29, 0.717) is 31.0 Å². The van der Waals surface area contributed by atoms with Crippen LogP contribution in [-0.2, 0) is 16.6 Å². The maximum Gasteiger partial charge on any atom is 0.243 e. The van der Waals surface area contributed by atoms with Crippen molar-refractivity contribution in [1.29, 1.82) is 0 Å². The molecule has 1 saturated heterocycles. The van der Waals surface area contributed by atoms with Crippen molar-refractivity contribution >= 4 is 21.6 Å². The van der Waals surface area contributed by atoms with Gasteiger partial charge >= 0.3 is 0 Å². The summed E-state index contributed by atoms with van der Waals surface area (Å²) in [6.45, 7) is 1.37. The van der Waals surface area contributed by atoms with E-state index in [1.807, 2.05) is 6.07 Å². The summed E-state index contributed by atoms with van der Waals surface area (Å²) in [6.07, 6.45) is 3.33. The summed E-state index contributed by atoms with van der Waals surface area (Å²) in [5, 5.41) is 0. The average Bonchev–Trinajstić information content (AvgIpc) is 3.37. The van der Waals surface area contributed by atoms with E-state index in [-0.39, 0.29) is 23.0 Å². The number of halogens is 1. The predicted octanol–water partition coefficient (Wildman–Crippen LogP) is 3.89. The molecule has 1 aromatic heterocycles. The molecule has 6 nitrogen and oxygen atoms in total. The van der Waals surface area contributed by atoms with Crippen LogP contribution in [0.1, 0.15) is 28.8 Å². The Labute approximate surface area is 187 Å². The van der Waals surface area contributed by atoms with E-state index in [4.69, 9.17) is 0 Å². The van der Waals surface area contributed by atoms with Crippen LogP contribution in [0.15, 0.2) is 77.8 Å². The number of nitrogens with zero attached hydrogens (tertiary/aromatic N) is 3. The molecule has 32 heavy (non-hydrogen) atoms. The largest absolute Gasteiger partial charge is 0.345 e. The first-order chi connectivity index (χ1) is 15.4. The van der Waals surface area contributed by atoms with Crippen LogP contribution in [0, 0.1) is 5.82 Å². The summed E-state index contributed by atoms with van der Waals surface area (Å²) in [4.78, 5) is 19.4. The van der Waals surface area contributed by atoms with Crippen molar-refractivity contribution in [2.45, 2.75) is 24.3 Å². The average molecular weight is 454 g/mol. The normalized spacial score (nSPS) is 14.4. The lowest BCUT2D eigenvalue weighted by Crippen LogP contribution is -2.31. The van der Waals surface area contributed by atoms with E-state index in [2.05, 4.69) is 4.98 Å². The van der Waals surface area contributed by atoms with Crippen LogP contribution >= 0.6 is 0 Å². The zero-order valence-electron chi connectivity index (χ0n) is 17.5. The zero-order valence-corrected chi connectivity index (χ0v) is 18.3. The number of ketones is 1. The Bertz CT molecular complexity index is 1180. The van der Waals surface area contributed by atoms with Gasteiger partial charge in [-0.05, 0) is 54.8 Å². The molecule has 0 spiro atoms. The lowest BCUT2D eigenvalue weighted by molar-refractivity contribution is 0.0998. The highest BCUT2D eigenvalue weighted by Crippen LogP contribution is 2.22. The van der Waals surface area contributed by atoms with Crippen molar-refractivity contribution in [3.63, 3.8) is 0 Å². The Kier molecular flexibility index (Phi) is 6.62. The predicted molar refractivity (Wildman–Crippen MR) is 120 cm³/mol. The maximum atomic E-state index is 13.3. The van der Waals surface area contributed by atoms with Gasteiger partial charge in [-0.1, -0.05) is 30.3 Å². The minimum absolute atomic E-state index is 0.00159. The maximum absolute atomic E-state index is 13.3. The number of pyridine rings is 1. The van der Waals surface area contributed by atoms with Gasteiger partial charge in [0.1, 0.15) is 11.6 Å². The van der Waals surface area contributed by atoms with E-state index in [1.165, 1.54) is 28.6 Å². The first-order valence-electron chi connectivity index (χ1n) is 10.5. The summed E-state index contributed by atoms with van der Waals surface area (Å²) >= 11 is 0. The zero-order chi connectivity index (χ0) is 22.6. The van der Waals surface area contributed by atoms with Gasteiger partial charge in [-0.25, -0.2) is 17.8 Å². The lowest BCUT2D eigenvalue weighted by atomic mass is 10.1. The number of carbonyl (C=O) groups is 1. The van der Waals surface area contributed by atoms with Crippen LogP contribution in [0.2, 0.25) is 0 Å². The second-order valence-corrected chi connectivity index (χ2v) is 9.67. The second kappa shape index (κ2) is 9.58. The van der Waals surface area contributed by atoms with Crippen LogP contribution in [0.3, 0.4) is 0 Å². The van der Waals surface area contributed by atoms with Crippen LogP contribution < -0.4 is 4.90 Å². The van der Waals surface area contributed by atoms with E-state index < -0.39 is 10.0 Å². The fourth-order valence-corrected chi connectivity index (χ4v) is 5.30. The number of benzene rings is 2. The summed E-state index contributed by atoms with van der Waals surface area (Å²) in [6, 6.07) is 17.7. The lowest BCUT2D eigenvalue weighted by Gasteiger charge is -2.23. The molecule has 4 rings (SSSR count). The molecule has 166 valence electrons. The van der Waals surface area contributed by atoms with E-state index >= 15 is 0 Å². The Morgan fingerprint density at radius 1 is 1.00 bits per heavy atom. The molecule has 2 aromatic carbocycles. The molecule has 0 radical (unpaired) electrons. The van der Waals surface area contributed by atoms with Crippen molar-refractivity contribution < 1.29 is 17.6 Å². The molecule has 0 atom stereocenters. The third-order valence-corrected chi connectivity index (χ3v) is 7.35. The number of rotatable bonds is 8. The summed E-state index contributed by atoms with van der Waals surface area (Å²) in [7, 11) is -3.61. The molecule has 8 heteroatoms. The molecule has 1 fully saturated rings. The van der Waals surface area contributed by atoms with Gasteiger partial charge < -0.3 is 4.90 Å². The number of hydrogen-bond donors (Lipinski definition) is 0. The van der Waals surface area contributed by atoms with Crippen molar-refractivity contribution in [1.82, 2.24) is 9.29 Å². The van der Waals surface area contributed by atoms with Crippen molar-refractivity contribution in [2.24, 2.45) is 0 Å². The van der Waals surface area contributed by atoms with Gasteiger partial charge in [0, 0.05) is 31.4 Å². The molecule has 0 unspecified atom stereocenters. The fourth-order valence-electron chi connectivity index (χ4n) is 3.74. The van der Waals surface area contributed by atoms with Gasteiger partial charge in [0.05, 0.1) is 11.4 Å². The quantitative estimate of drug-likeness (QED) is 0.484. The van der Waals surface area contributed by atoms with E-state index in [0.717, 1.165) is 18.4 Å². The topological polar surface area (TPSA) is 70.6 Å². The molecule has 0 aliphatic carbocycles. The van der Waals surface area contributed by atoms with E-state index in [1.54, 1.807) is 47.5 Å². The Balaban J connectivity index is 1.57. The molecule has 2 heterocycles. The fraction of sp³-hybridized carbons (Fsp3) is 0.250. The van der Waals surface area contributed by atoms with Gasteiger partial charge in [-0.15, -0.1) is 0 Å². The summed E-state index contributed by atoms with van der Waals surface area (Å²) in [5.41, 5.74) is 1.15. The smallest absolute Gasteiger partial charge is 0.243 e. The van der Waals surface area contributed by atoms with Crippen molar-refractivity contribution in [3.8, 4) is 0 Å². The summed E-state index contributed by atoms with van der Waals surface area (Å²) in [5.74, 6) is 0.0486. The number of anilines is 1. The van der Waals surface area contributed by atoms with Crippen molar-refractivity contribution in [2.75, 3.05) is 24.5 Å². The van der Waals surface area contributed by atoms with Crippen LogP contribution in [0.5, 0.6) is 0 Å². The standard InChI is InChI=1S/C24H24FN3O3S/c25-21-11-9-19(10-12-21)17-27(24-8-1-2-13-26-24)18-23(29)20-6-5-7-22(16-20)32(30,31)28-14-3-4-15-28/h1-2,5-13,16H,3-4,14-15,17-18H2. The van der Waals surface area contributed by atoms with Gasteiger partial charge in [-0.3, -0.25) is 4.79 Å². The molecule has 0 amide bonds. The number of aromatic nitrogens is 1. The third-order valence-electron chi connectivity index (χ3n) is 5.45. The van der Waals surface area contributed by atoms with Crippen LogP contribution in [0.25, 0.3) is 0 Å². The highest BCUT2D eigenvalue weighted by atomic mass is 32.2. The van der Waals surface area contributed by atoms with Crippen LogP contribution in [-0.4, -0.2) is 43.1 Å². The summed E-state index contributed by atoms with van der Waals surface area (Å²) < 4.78 is 40.5. The minimum Gasteiger partial charge on any atom is -0.345 e. The Morgan fingerprint density at radius 3 is 2.44 bits per heavy atom. The highest BCUT2D eigenvalue weighted by molar-refractivity contribution is 7.89. The molecule has 0 saturated carbocycles.